The number of hydrogen-bond donors (Lipinski definition) is 4. The molecule has 59 heavy (non-hydrogen) atoms. The number of rotatable bonds is 29. The lowest BCUT2D eigenvalue weighted by Gasteiger charge is -2.31. The number of phosphoric ester groups is 1. The fourth-order valence-corrected chi connectivity index (χ4v) is 8.00. The number of aliphatic hydroxyl groups excluding tert-OH is 2. The second-order valence-corrected chi connectivity index (χ2v) is 17.2. The van der Waals surface area contributed by atoms with Gasteiger partial charge in [0.15, 0.2) is 5.82 Å². The SMILES string of the molecule is CCCCCCCCCCCCCCCCCCOC[C@](C)(COP(=O)(O)OC[C@@]1(C#N)O[C@@H](c2ccc3c(N)ncnn23)[C@H](O)[C@@H]1O)OCc1cc(F)cc(C#N)c1. The highest BCUT2D eigenvalue weighted by Gasteiger charge is 2.57. The van der Waals surface area contributed by atoms with E-state index >= 15 is 0 Å². The number of nitrogens with zero attached hydrogens (tertiary/aromatic N) is 5. The molecule has 2 aromatic heterocycles. The van der Waals surface area contributed by atoms with Crippen LogP contribution in [0.3, 0.4) is 0 Å². The summed E-state index contributed by atoms with van der Waals surface area (Å²) >= 11 is 0. The summed E-state index contributed by atoms with van der Waals surface area (Å²) < 4.78 is 57.1. The van der Waals surface area contributed by atoms with E-state index in [4.69, 9.17) is 29.0 Å². The van der Waals surface area contributed by atoms with Crippen LogP contribution in [0, 0.1) is 28.5 Å². The Kier molecular flexibility index (Phi) is 19.6. The maximum absolute atomic E-state index is 14.2. The summed E-state index contributed by atoms with van der Waals surface area (Å²) in [6, 6.07) is 10.6. The number of phosphoric acid groups is 1. The predicted octanol–water partition coefficient (Wildman–Crippen LogP) is 7.76. The van der Waals surface area contributed by atoms with Gasteiger partial charge in [0.2, 0.25) is 5.60 Å². The monoisotopic (exact) mass is 844 g/mol. The minimum Gasteiger partial charge on any atom is -0.387 e. The van der Waals surface area contributed by atoms with Gasteiger partial charge in [-0.2, -0.15) is 15.6 Å². The third-order valence-corrected chi connectivity index (χ3v) is 11.6. The molecule has 15 nitrogen and oxygen atoms in total. The molecule has 5 N–H and O–H groups in total. The Hall–Kier alpha value is -3.54. The lowest BCUT2D eigenvalue weighted by Crippen LogP contribution is -2.45. The number of nitriles is 2. The van der Waals surface area contributed by atoms with E-state index in [2.05, 4.69) is 17.0 Å². The highest BCUT2D eigenvalue weighted by Crippen LogP contribution is 2.48. The van der Waals surface area contributed by atoms with Gasteiger partial charge in [-0.25, -0.2) is 18.5 Å². The molecule has 1 aromatic carbocycles. The van der Waals surface area contributed by atoms with E-state index in [0.717, 1.165) is 25.3 Å². The molecule has 0 aliphatic carbocycles. The van der Waals surface area contributed by atoms with Crippen LogP contribution < -0.4 is 5.73 Å². The Morgan fingerprint density at radius 2 is 1.58 bits per heavy atom. The molecule has 3 aromatic rings. The summed E-state index contributed by atoms with van der Waals surface area (Å²) in [5.74, 6) is -0.469. The number of benzene rings is 1. The lowest BCUT2D eigenvalue weighted by atomic mass is 9.96. The van der Waals surface area contributed by atoms with Crippen LogP contribution in [0.15, 0.2) is 36.7 Å². The average molecular weight is 845 g/mol. The van der Waals surface area contributed by atoms with E-state index in [1.54, 1.807) is 19.1 Å². The fourth-order valence-electron chi connectivity index (χ4n) is 7.13. The number of nitrogens with two attached hydrogens (primary N) is 1. The smallest absolute Gasteiger partial charge is 0.387 e. The van der Waals surface area contributed by atoms with Gasteiger partial charge in [-0.1, -0.05) is 103 Å². The highest BCUT2D eigenvalue weighted by atomic mass is 31.2. The van der Waals surface area contributed by atoms with E-state index in [-0.39, 0.29) is 30.3 Å². The molecule has 1 saturated heterocycles. The third-order valence-electron chi connectivity index (χ3n) is 10.6. The highest BCUT2D eigenvalue weighted by molar-refractivity contribution is 7.47. The van der Waals surface area contributed by atoms with Gasteiger partial charge in [0.1, 0.15) is 54.3 Å². The molecule has 3 heterocycles. The Bertz CT molecular complexity index is 1870. The first-order chi connectivity index (χ1) is 28.4. The topological polar surface area (TPSA) is 228 Å². The van der Waals surface area contributed by atoms with Crippen molar-refractivity contribution in [3.63, 3.8) is 0 Å². The number of anilines is 1. The molecule has 1 aliphatic rings. The number of fused-ring (bicyclic) bond motifs is 1. The molecule has 0 spiro atoms. The number of ether oxygens (including phenoxy) is 3. The van der Waals surface area contributed by atoms with Crippen LogP contribution in [0.25, 0.3) is 5.52 Å². The summed E-state index contributed by atoms with van der Waals surface area (Å²) in [7, 11) is -4.97. The Labute approximate surface area is 347 Å². The fraction of sp³-hybridized carbons (Fsp3) is 0.667. The predicted molar refractivity (Wildman–Crippen MR) is 218 cm³/mol. The molecule has 326 valence electrons. The lowest BCUT2D eigenvalue weighted by molar-refractivity contribution is -0.121. The first-order valence-corrected chi connectivity index (χ1v) is 22.4. The van der Waals surface area contributed by atoms with Crippen molar-refractivity contribution < 1.29 is 47.3 Å². The van der Waals surface area contributed by atoms with Gasteiger partial charge in [-0.15, -0.1) is 0 Å². The van der Waals surface area contributed by atoms with Gasteiger partial charge >= 0.3 is 7.82 Å². The number of halogens is 1. The van der Waals surface area contributed by atoms with E-state index in [9.17, 15) is 34.6 Å². The standard InChI is InChI=1S/C42H62FN6O9P/c1-3-4-5-6-7-8-9-10-11-12-13-14-15-16-17-18-21-54-28-41(2,55-26-33-22-32(25-44)23-34(43)24-33)29-56-59(52,53)57-30-42(27-45)39(51)37(50)38(58-42)35-19-20-36-40(46)47-31-48-49(35)36/h19-20,22-24,31,37-39,50-51H,3-18,21,26,28-30H2,1-2H3,(H,52,53)(H2,46,47,48)/t37-,38-,39-,41+,42+/m0/s1. The zero-order chi connectivity index (χ0) is 42.7. The summed E-state index contributed by atoms with van der Waals surface area (Å²) in [5, 5.41) is 45.3. The summed E-state index contributed by atoms with van der Waals surface area (Å²) in [6.07, 6.45) is 16.3. The number of aromatic nitrogens is 3. The Balaban J connectivity index is 1.24. The van der Waals surface area contributed by atoms with Crippen molar-refractivity contribution >= 4 is 19.2 Å². The van der Waals surface area contributed by atoms with Crippen LogP contribution in [0.1, 0.15) is 140 Å². The van der Waals surface area contributed by atoms with E-state index < -0.39 is 56.4 Å². The molecule has 0 amide bonds. The molecule has 17 heteroatoms. The molecule has 4 rings (SSSR count). The third kappa shape index (κ3) is 14.9. The second-order valence-electron chi connectivity index (χ2n) is 15.7. The van der Waals surface area contributed by atoms with Gasteiger partial charge in [0.05, 0.1) is 37.1 Å². The van der Waals surface area contributed by atoms with Gasteiger partial charge in [-0.3, -0.25) is 9.05 Å². The molecule has 0 bridgehead atoms. The van der Waals surface area contributed by atoms with Gasteiger partial charge in [0.25, 0.3) is 0 Å². The molecule has 0 radical (unpaired) electrons. The van der Waals surface area contributed by atoms with Crippen LogP contribution in [-0.2, 0) is 34.4 Å². The normalized spacial score (nSPS) is 21.3. The maximum Gasteiger partial charge on any atom is 0.472 e. The van der Waals surface area contributed by atoms with E-state index in [1.165, 1.54) is 113 Å². The van der Waals surface area contributed by atoms with Crippen LogP contribution in [0.4, 0.5) is 10.2 Å². The van der Waals surface area contributed by atoms with E-state index in [1.807, 2.05) is 6.07 Å². The van der Waals surface area contributed by atoms with Gasteiger partial charge < -0.3 is 35.1 Å². The molecule has 1 unspecified atom stereocenters. The number of aliphatic hydroxyl groups is 2. The average Bonchev–Trinajstić information content (AvgIpc) is 3.77. The zero-order valence-corrected chi connectivity index (χ0v) is 35.4. The van der Waals surface area contributed by atoms with E-state index in [0.29, 0.717) is 17.7 Å². The van der Waals surface area contributed by atoms with Gasteiger partial charge in [-0.05, 0) is 49.2 Å². The van der Waals surface area contributed by atoms with Crippen molar-refractivity contribution in [2.45, 2.75) is 153 Å². The van der Waals surface area contributed by atoms with Crippen molar-refractivity contribution in [1.29, 1.82) is 10.5 Å². The maximum atomic E-state index is 14.2. The number of unbranched alkanes of at least 4 members (excludes halogenated alkanes) is 15. The van der Waals surface area contributed by atoms with Crippen LogP contribution >= 0.6 is 7.82 Å². The first kappa shape index (κ1) is 48.1. The first-order valence-electron chi connectivity index (χ1n) is 20.9. The summed E-state index contributed by atoms with van der Waals surface area (Å²) in [6.45, 7) is 2.51. The molecule has 1 aliphatic heterocycles. The van der Waals surface area contributed by atoms with Crippen molar-refractivity contribution in [2.75, 3.05) is 32.2 Å². The van der Waals surface area contributed by atoms with Crippen molar-refractivity contribution in [2.24, 2.45) is 0 Å². The minimum atomic E-state index is -4.97. The number of hydrogen-bond acceptors (Lipinski definition) is 13. The zero-order valence-electron chi connectivity index (χ0n) is 34.5. The molecule has 1 fully saturated rings. The summed E-state index contributed by atoms with van der Waals surface area (Å²) in [4.78, 5) is 14.6. The van der Waals surface area contributed by atoms with Crippen LogP contribution in [0.2, 0.25) is 0 Å². The van der Waals surface area contributed by atoms with Crippen LogP contribution in [-0.4, -0.2) is 79.5 Å². The van der Waals surface area contributed by atoms with Gasteiger partial charge in [0, 0.05) is 6.61 Å². The molecule has 6 atom stereocenters. The Morgan fingerprint density at radius 3 is 2.19 bits per heavy atom. The second kappa shape index (κ2) is 24.0. The van der Waals surface area contributed by atoms with Crippen molar-refractivity contribution in [1.82, 2.24) is 14.6 Å². The largest absolute Gasteiger partial charge is 0.472 e. The summed E-state index contributed by atoms with van der Waals surface area (Å²) in [5.41, 5.74) is 3.38. The minimum absolute atomic E-state index is 0.0661. The number of nitrogen functional groups attached to an aromatic ring is 1. The Morgan fingerprint density at radius 1 is 0.949 bits per heavy atom. The molecule has 0 saturated carbocycles. The molecular weight excluding hydrogens is 782 g/mol. The molecular formula is C42H62FN6O9P. The van der Waals surface area contributed by atoms with Crippen molar-refractivity contribution in [3.8, 4) is 12.1 Å². The van der Waals surface area contributed by atoms with Crippen LogP contribution in [0.5, 0.6) is 0 Å². The quantitative estimate of drug-likeness (QED) is 0.0387. The van der Waals surface area contributed by atoms with Crippen molar-refractivity contribution in [3.05, 3.63) is 59.3 Å².